The highest BCUT2D eigenvalue weighted by atomic mass is 32.2. The van der Waals surface area contributed by atoms with Crippen LogP contribution in [-0.2, 0) is 0 Å². The quantitative estimate of drug-likeness (QED) is 0.859. The maximum Gasteiger partial charge on any atom is 0.134 e. The van der Waals surface area contributed by atoms with Crippen molar-refractivity contribution in [3.63, 3.8) is 0 Å². The molecule has 1 heterocycles. The van der Waals surface area contributed by atoms with E-state index in [0.29, 0.717) is 6.04 Å². The van der Waals surface area contributed by atoms with Gasteiger partial charge in [0.1, 0.15) is 11.3 Å². The maximum atomic E-state index is 5.99. The summed E-state index contributed by atoms with van der Waals surface area (Å²) in [5.74, 6) is 2.16. The van der Waals surface area contributed by atoms with E-state index in [4.69, 9.17) is 4.42 Å². The van der Waals surface area contributed by atoms with Crippen LogP contribution in [-0.4, -0.2) is 18.1 Å². The zero-order valence-electron chi connectivity index (χ0n) is 12.1. The van der Waals surface area contributed by atoms with Crippen molar-refractivity contribution in [3.05, 3.63) is 36.1 Å². The van der Waals surface area contributed by atoms with E-state index >= 15 is 0 Å². The summed E-state index contributed by atoms with van der Waals surface area (Å²) in [7, 11) is 2.03. The Bertz CT molecular complexity index is 512. The van der Waals surface area contributed by atoms with E-state index in [-0.39, 0.29) is 0 Å². The molecule has 0 bridgehead atoms. The summed E-state index contributed by atoms with van der Waals surface area (Å²) in [6.45, 7) is 0. The van der Waals surface area contributed by atoms with Crippen molar-refractivity contribution >= 4 is 22.7 Å². The van der Waals surface area contributed by atoms with E-state index in [1.807, 2.05) is 19.2 Å². The topological polar surface area (TPSA) is 25.2 Å². The first-order valence-electron chi connectivity index (χ1n) is 7.64. The monoisotopic (exact) mass is 289 g/mol. The lowest BCUT2D eigenvalue weighted by Crippen LogP contribution is -2.20. The molecule has 2 nitrogen and oxygen atoms in total. The SMILES string of the molecule is CNC(CSC1CCCCC1)c1cc2ccccc2o1. The third-order valence-electron chi connectivity index (χ3n) is 4.19. The molecule has 1 aliphatic carbocycles. The molecule has 2 aromatic rings. The van der Waals surface area contributed by atoms with Crippen molar-refractivity contribution in [2.75, 3.05) is 12.8 Å². The normalized spacial score (nSPS) is 18.4. The van der Waals surface area contributed by atoms with Gasteiger partial charge in [0.05, 0.1) is 6.04 Å². The van der Waals surface area contributed by atoms with Crippen LogP contribution in [0.3, 0.4) is 0 Å². The molecular weight excluding hydrogens is 266 g/mol. The van der Waals surface area contributed by atoms with Crippen LogP contribution >= 0.6 is 11.8 Å². The van der Waals surface area contributed by atoms with Crippen molar-refractivity contribution in [3.8, 4) is 0 Å². The minimum atomic E-state index is 0.314. The third-order valence-corrected chi connectivity index (χ3v) is 5.66. The van der Waals surface area contributed by atoms with E-state index in [1.165, 1.54) is 37.5 Å². The van der Waals surface area contributed by atoms with Gasteiger partial charge in [-0.05, 0) is 32.0 Å². The predicted octanol–water partition coefficient (Wildman–Crippen LogP) is 4.76. The van der Waals surface area contributed by atoms with E-state index < -0.39 is 0 Å². The number of furan rings is 1. The van der Waals surface area contributed by atoms with Crippen LogP contribution in [0.1, 0.15) is 43.9 Å². The van der Waals surface area contributed by atoms with Crippen LogP contribution in [0.4, 0.5) is 0 Å². The molecule has 0 radical (unpaired) electrons. The van der Waals surface area contributed by atoms with Crippen molar-refractivity contribution in [1.82, 2.24) is 5.32 Å². The smallest absolute Gasteiger partial charge is 0.134 e. The van der Waals surface area contributed by atoms with E-state index in [2.05, 4.69) is 35.3 Å². The molecule has 108 valence electrons. The molecule has 1 atom stereocenters. The Hall–Kier alpha value is -0.930. The molecule has 3 heteroatoms. The Kier molecular flexibility index (Phi) is 4.69. The Morgan fingerprint density at radius 1 is 1.25 bits per heavy atom. The molecule has 1 fully saturated rings. The standard InChI is InChI=1S/C17H23NOS/c1-18-15(12-20-14-8-3-2-4-9-14)17-11-13-7-5-6-10-16(13)19-17/h5-7,10-11,14-15,18H,2-4,8-9,12H2,1H3. The third kappa shape index (κ3) is 3.21. The van der Waals surface area contributed by atoms with Crippen molar-refractivity contribution in [2.24, 2.45) is 0 Å². The lowest BCUT2D eigenvalue weighted by Gasteiger charge is -2.23. The van der Waals surface area contributed by atoms with Gasteiger partial charge in [-0.15, -0.1) is 0 Å². The molecule has 0 spiro atoms. The second-order valence-electron chi connectivity index (χ2n) is 5.62. The van der Waals surface area contributed by atoms with Gasteiger partial charge in [-0.25, -0.2) is 0 Å². The van der Waals surface area contributed by atoms with E-state index in [0.717, 1.165) is 22.3 Å². The molecule has 1 aromatic carbocycles. The first kappa shape index (κ1) is 14.0. The number of benzene rings is 1. The van der Waals surface area contributed by atoms with Gasteiger partial charge < -0.3 is 9.73 Å². The highest BCUT2D eigenvalue weighted by Gasteiger charge is 2.19. The highest BCUT2D eigenvalue weighted by molar-refractivity contribution is 7.99. The molecule has 20 heavy (non-hydrogen) atoms. The average molecular weight is 289 g/mol. The summed E-state index contributed by atoms with van der Waals surface area (Å²) in [5.41, 5.74) is 0.991. The van der Waals surface area contributed by atoms with E-state index in [1.54, 1.807) is 0 Å². The Labute approximate surface area is 125 Å². The maximum absolute atomic E-state index is 5.99. The van der Waals surface area contributed by atoms with Gasteiger partial charge in [-0.2, -0.15) is 11.8 Å². The van der Waals surface area contributed by atoms with Gasteiger partial charge in [-0.1, -0.05) is 37.5 Å². The van der Waals surface area contributed by atoms with Crippen LogP contribution in [0.5, 0.6) is 0 Å². The number of fused-ring (bicyclic) bond motifs is 1. The summed E-state index contributed by atoms with van der Waals surface area (Å²) in [6, 6.07) is 10.7. The lowest BCUT2D eigenvalue weighted by molar-refractivity contribution is 0.476. The predicted molar refractivity (Wildman–Crippen MR) is 87.3 cm³/mol. The minimum absolute atomic E-state index is 0.314. The number of rotatable bonds is 5. The molecular formula is C17H23NOS. The first-order valence-corrected chi connectivity index (χ1v) is 8.69. The lowest BCUT2D eigenvalue weighted by atomic mass is 10.0. The molecule has 0 aliphatic heterocycles. The fraction of sp³-hybridized carbons (Fsp3) is 0.529. The van der Waals surface area contributed by atoms with Crippen LogP contribution < -0.4 is 5.32 Å². The molecule has 1 saturated carbocycles. The fourth-order valence-corrected chi connectivity index (χ4v) is 4.41. The number of para-hydroxylation sites is 1. The zero-order valence-corrected chi connectivity index (χ0v) is 12.9. The summed E-state index contributed by atoms with van der Waals surface area (Å²) in [6.07, 6.45) is 7.03. The summed E-state index contributed by atoms with van der Waals surface area (Å²) in [4.78, 5) is 0. The second kappa shape index (κ2) is 6.68. The summed E-state index contributed by atoms with van der Waals surface area (Å²) < 4.78 is 5.99. The molecule has 3 rings (SSSR count). The van der Waals surface area contributed by atoms with Gasteiger partial charge in [0.25, 0.3) is 0 Å². The number of hydrogen-bond donors (Lipinski definition) is 1. The Morgan fingerprint density at radius 3 is 2.80 bits per heavy atom. The first-order chi connectivity index (χ1) is 9.86. The Balaban J connectivity index is 1.65. The van der Waals surface area contributed by atoms with Crippen molar-refractivity contribution in [1.29, 1.82) is 0 Å². The number of nitrogens with one attached hydrogen (secondary N) is 1. The van der Waals surface area contributed by atoms with Gasteiger partial charge >= 0.3 is 0 Å². The summed E-state index contributed by atoms with van der Waals surface area (Å²) in [5, 5.41) is 5.45. The van der Waals surface area contributed by atoms with Gasteiger partial charge in [-0.3, -0.25) is 0 Å². The second-order valence-corrected chi connectivity index (χ2v) is 6.95. The number of thioether (sulfide) groups is 1. The van der Waals surface area contributed by atoms with Crippen LogP contribution in [0.15, 0.2) is 34.7 Å². The molecule has 0 amide bonds. The molecule has 1 aromatic heterocycles. The molecule has 0 saturated heterocycles. The van der Waals surface area contributed by atoms with Gasteiger partial charge in [0, 0.05) is 16.4 Å². The van der Waals surface area contributed by atoms with Crippen LogP contribution in [0.25, 0.3) is 11.0 Å². The largest absolute Gasteiger partial charge is 0.459 e. The van der Waals surface area contributed by atoms with Crippen molar-refractivity contribution in [2.45, 2.75) is 43.4 Å². The molecule has 1 aliphatic rings. The molecule has 1 N–H and O–H groups in total. The fourth-order valence-electron chi connectivity index (χ4n) is 2.95. The van der Waals surface area contributed by atoms with Gasteiger partial charge in [0.15, 0.2) is 0 Å². The minimum Gasteiger partial charge on any atom is -0.459 e. The van der Waals surface area contributed by atoms with Crippen LogP contribution in [0, 0.1) is 0 Å². The summed E-state index contributed by atoms with van der Waals surface area (Å²) >= 11 is 2.11. The van der Waals surface area contributed by atoms with Crippen LogP contribution in [0.2, 0.25) is 0 Å². The zero-order chi connectivity index (χ0) is 13.8. The Morgan fingerprint density at radius 2 is 2.05 bits per heavy atom. The molecule has 1 unspecified atom stereocenters. The van der Waals surface area contributed by atoms with E-state index in [9.17, 15) is 0 Å². The number of hydrogen-bond acceptors (Lipinski definition) is 3. The van der Waals surface area contributed by atoms with Crippen molar-refractivity contribution < 1.29 is 4.42 Å². The van der Waals surface area contributed by atoms with Gasteiger partial charge in [0.2, 0.25) is 0 Å². The average Bonchev–Trinajstić information content (AvgIpc) is 2.92. The highest BCUT2D eigenvalue weighted by Crippen LogP contribution is 2.32.